The van der Waals surface area contributed by atoms with Gasteiger partial charge in [0.15, 0.2) is 0 Å². The Bertz CT molecular complexity index is 294. The monoisotopic (exact) mass is 206 g/mol. The van der Waals surface area contributed by atoms with Crippen molar-refractivity contribution in [2.24, 2.45) is 5.92 Å². The zero-order valence-corrected chi connectivity index (χ0v) is 9.96. The molecule has 1 atom stereocenters. The highest BCUT2D eigenvalue weighted by molar-refractivity contribution is 5.54. The standard InChI is InChI=1S/C13H22N2/c1-10(2)7-8-11(3)15-13-6-4-5-12(14)9-13/h4-6,9-11,15H,7-8,14H2,1-3H3. The van der Waals surface area contributed by atoms with Gasteiger partial charge in [-0.15, -0.1) is 0 Å². The van der Waals surface area contributed by atoms with Gasteiger partial charge >= 0.3 is 0 Å². The molecule has 0 amide bonds. The summed E-state index contributed by atoms with van der Waals surface area (Å²) in [5.41, 5.74) is 7.65. The van der Waals surface area contributed by atoms with Crippen molar-refractivity contribution in [3.63, 3.8) is 0 Å². The number of rotatable bonds is 5. The molecule has 1 rings (SSSR count). The predicted molar refractivity (Wildman–Crippen MR) is 68.0 cm³/mol. The fourth-order valence-electron chi connectivity index (χ4n) is 1.57. The highest BCUT2D eigenvalue weighted by Crippen LogP contribution is 2.15. The molecule has 0 bridgehead atoms. The van der Waals surface area contributed by atoms with E-state index in [-0.39, 0.29) is 0 Å². The van der Waals surface area contributed by atoms with Crippen molar-refractivity contribution >= 4 is 11.4 Å². The Balaban J connectivity index is 2.40. The highest BCUT2D eigenvalue weighted by atomic mass is 14.9. The Labute approximate surface area is 92.9 Å². The van der Waals surface area contributed by atoms with Crippen LogP contribution in [-0.4, -0.2) is 6.04 Å². The van der Waals surface area contributed by atoms with Gasteiger partial charge in [0.1, 0.15) is 0 Å². The molecule has 0 aliphatic rings. The zero-order chi connectivity index (χ0) is 11.3. The Hall–Kier alpha value is -1.18. The first-order valence-corrected chi connectivity index (χ1v) is 5.70. The lowest BCUT2D eigenvalue weighted by Crippen LogP contribution is -2.15. The average Bonchev–Trinajstić information content (AvgIpc) is 2.15. The van der Waals surface area contributed by atoms with Crippen molar-refractivity contribution < 1.29 is 0 Å². The lowest BCUT2D eigenvalue weighted by Gasteiger charge is -2.16. The van der Waals surface area contributed by atoms with Crippen molar-refractivity contribution in [2.75, 3.05) is 11.1 Å². The summed E-state index contributed by atoms with van der Waals surface area (Å²) in [6, 6.07) is 8.43. The number of hydrogen-bond donors (Lipinski definition) is 2. The number of nitrogens with two attached hydrogens (primary N) is 1. The minimum Gasteiger partial charge on any atom is -0.399 e. The van der Waals surface area contributed by atoms with Crippen LogP contribution in [0.3, 0.4) is 0 Å². The van der Waals surface area contributed by atoms with Crippen molar-refractivity contribution in [2.45, 2.75) is 39.7 Å². The Morgan fingerprint density at radius 3 is 2.53 bits per heavy atom. The molecule has 0 saturated heterocycles. The van der Waals surface area contributed by atoms with E-state index in [1.165, 1.54) is 12.8 Å². The SMILES string of the molecule is CC(C)CCC(C)Nc1cccc(N)c1. The van der Waals surface area contributed by atoms with E-state index in [4.69, 9.17) is 5.73 Å². The molecule has 0 aromatic heterocycles. The highest BCUT2D eigenvalue weighted by Gasteiger charge is 2.03. The molecule has 3 N–H and O–H groups in total. The molecular weight excluding hydrogens is 184 g/mol. The van der Waals surface area contributed by atoms with Gasteiger partial charge in [-0.05, 0) is 43.9 Å². The summed E-state index contributed by atoms with van der Waals surface area (Å²) in [4.78, 5) is 0. The van der Waals surface area contributed by atoms with E-state index in [2.05, 4.69) is 32.2 Å². The van der Waals surface area contributed by atoms with E-state index >= 15 is 0 Å². The largest absolute Gasteiger partial charge is 0.399 e. The van der Waals surface area contributed by atoms with Gasteiger partial charge in [0.25, 0.3) is 0 Å². The number of nitrogen functional groups attached to an aromatic ring is 1. The van der Waals surface area contributed by atoms with Gasteiger partial charge in [0.05, 0.1) is 0 Å². The van der Waals surface area contributed by atoms with Crippen LogP contribution >= 0.6 is 0 Å². The first kappa shape index (κ1) is 11.9. The third kappa shape index (κ3) is 4.73. The van der Waals surface area contributed by atoms with Gasteiger partial charge in [-0.25, -0.2) is 0 Å². The van der Waals surface area contributed by atoms with E-state index in [1.54, 1.807) is 0 Å². The third-order valence-electron chi connectivity index (χ3n) is 2.48. The maximum atomic E-state index is 5.72. The Morgan fingerprint density at radius 1 is 1.20 bits per heavy atom. The lowest BCUT2D eigenvalue weighted by molar-refractivity contribution is 0.528. The third-order valence-corrected chi connectivity index (χ3v) is 2.48. The van der Waals surface area contributed by atoms with Crippen LogP contribution in [0, 0.1) is 5.92 Å². The molecule has 1 unspecified atom stereocenters. The molecule has 2 nitrogen and oxygen atoms in total. The van der Waals surface area contributed by atoms with Crippen LogP contribution in [0.1, 0.15) is 33.6 Å². The molecule has 0 aliphatic carbocycles. The number of nitrogens with one attached hydrogen (secondary N) is 1. The maximum Gasteiger partial charge on any atom is 0.0362 e. The first-order valence-electron chi connectivity index (χ1n) is 5.70. The second kappa shape index (κ2) is 5.64. The van der Waals surface area contributed by atoms with E-state index in [0.717, 1.165) is 17.3 Å². The maximum absolute atomic E-state index is 5.72. The minimum absolute atomic E-state index is 0.509. The smallest absolute Gasteiger partial charge is 0.0362 e. The molecule has 0 radical (unpaired) electrons. The van der Waals surface area contributed by atoms with Crippen molar-refractivity contribution in [1.82, 2.24) is 0 Å². The van der Waals surface area contributed by atoms with E-state index in [1.807, 2.05) is 18.2 Å². The molecule has 84 valence electrons. The minimum atomic E-state index is 0.509. The van der Waals surface area contributed by atoms with Gasteiger partial charge in [-0.2, -0.15) is 0 Å². The van der Waals surface area contributed by atoms with Crippen LogP contribution in [0.15, 0.2) is 24.3 Å². The summed E-state index contributed by atoms with van der Waals surface area (Å²) in [5, 5.41) is 3.46. The van der Waals surface area contributed by atoms with Gasteiger partial charge in [0.2, 0.25) is 0 Å². The summed E-state index contributed by atoms with van der Waals surface area (Å²) < 4.78 is 0. The summed E-state index contributed by atoms with van der Waals surface area (Å²) in [6.45, 7) is 6.73. The van der Waals surface area contributed by atoms with Crippen molar-refractivity contribution in [3.8, 4) is 0 Å². The van der Waals surface area contributed by atoms with E-state index in [0.29, 0.717) is 6.04 Å². The van der Waals surface area contributed by atoms with Gasteiger partial charge in [-0.1, -0.05) is 19.9 Å². The second-order valence-electron chi connectivity index (χ2n) is 4.64. The molecule has 2 heteroatoms. The fourth-order valence-corrected chi connectivity index (χ4v) is 1.57. The van der Waals surface area contributed by atoms with Crippen LogP contribution in [0.5, 0.6) is 0 Å². The number of anilines is 2. The van der Waals surface area contributed by atoms with Crippen molar-refractivity contribution in [1.29, 1.82) is 0 Å². The van der Waals surface area contributed by atoms with Crippen LogP contribution < -0.4 is 11.1 Å². The van der Waals surface area contributed by atoms with Crippen molar-refractivity contribution in [3.05, 3.63) is 24.3 Å². The lowest BCUT2D eigenvalue weighted by atomic mass is 10.0. The molecule has 0 heterocycles. The normalized spacial score (nSPS) is 12.8. The van der Waals surface area contributed by atoms with Gasteiger partial charge in [-0.3, -0.25) is 0 Å². The Kier molecular flexibility index (Phi) is 4.47. The molecule has 1 aromatic carbocycles. The van der Waals surface area contributed by atoms with E-state index in [9.17, 15) is 0 Å². The van der Waals surface area contributed by atoms with Crippen LogP contribution in [0.2, 0.25) is 0 Å². The molecule has 0 aliphatic heterocycles. The Morgan fingerprint density at radius 2 is 1.93 bits per heavy atom. The molecule has 1 aromatic rings. The van der Waals surface area contributed by atoms with Gasteiger partial charge < -0.3 is 11.1 Å². The molecule has 15 heavy (non-hydrogen) atoms. The number of hydrogen-bond acceptors (Lipinski definition) is 2. The van der Waals surface area contributed by atoms with Crippen LogP contribution in [0.4, 0.5) is 11.4 Å². The summed E-state index contributed by atoms with van der Waals surface area (Å²) >= 11 is 0. The second-order valence-corrected chi connectivity index (χ2v) is 4.64. The fraction of sp³-hybridized carbons (Fsp3) is 0.538. The summed E-state index contributed by atoms with van der Waals surface area (Å²) in [5.74, 6) is 0.773. The topological polar surface area (TPSA) is 38.0 Å². The summed E-state index contributed by atoms with van der Waals surface area (Å²) in [7, 11) is 0. The number of benzene rings is 1. The zero-order valence-electron chi connectivity index (χ0n) is 9.96. The molecule has 0 saturated carbocycles. The first-order chi connectivity index (χ1) is 7.08. The van der Waals surface area contributed by atoms with Crippen LogP contribution in [0.25, 0.3) is 0 Å². The van der Waals surface area contributed by atoms with Crippen LogP contribution in [-0.2, 0) is 0 Å². The summed E-state index contributed by atoms with van der Waals surface area (Å²) in [6.07, 6.45) is 2.46. The predicted octanol–water partition coefficient (Wildman–Crippen LogP) is 3.51. The molecular formula is C13H22N2. The van der Waals surface area contributed by atoms with Gasteiger partial charge in [0, 0.05) is 17.4 Å². The quantitative estimate of drug-likeness (QED) is 0.723. The average molecular weight is 206 g/mol. The molecule has 0 spiro atoms. The van der Waals surface area contributed by atoms with E-state index < -0.39 is 0 Å². The molecule has 0 fully saturated rings.